The van der Waals surface area contributed by atoms with E-state index in [1.54, 1.807) is 42.7 Å². The summed E-state index contributed by atoms with van der Waals surface area (Å²) in [6.07, 6.45) is 4.49. The van der Waals surface area contributed by atoms with Crippen LogP contribution in [-0.2, 0) is 0 Å². The second kappa shape index (κ2) is 5.78. The number of rotatable bonds is 3. The van der Waals surface area contributed by atoms with Crippen LogP contribution in [0.25, 0.3) is 21.5 Å². The quantitative estimate of drug-likeness (QED) is 0.582. The molecule has 0 amide bonds. The predicted molar refractivity (Wildman–Crippen MR) is 92.7 cm³/mol. The first kappa shape index (κ1) is 14.4. The van der Waals surface area contributed by atoms with Crippen LogP contribution in [0.5, 0.6) is 5.75 Å². The molecule has 0 spiro atoms. The van der Waals surface area contributed by atoms with E-state index < -0.39 is 0 Å². The lowest BCUT2D eigenvalue weighted by Crippen LogP contribution is -2.16. The van der Waals surface area contributed by atoms with Crippen molar-refractivity contribution in [3.05, 3.63) is 70.3 Å². The van der Waals surface area contributed by atoms with Gasteiger partial charge in [0.15, 0.2) is 0 Å². The Balaban J connectivity index is 1.79. The number of aromatic nitrogens is 2. The van der Waals surface area contributed by atoms with E-state index >= 15 is 0 Å². The number of hydrogen-bond acceptors (Lipinski definition) is 6. The van der Waals surface area contributed by atoms with Gasteiger partial charge in [-0.05, 0) is 42.0 Å². The van der Waals surface area contributed by atoms with E-state index in [1.807, 2.05) is 5.38 Å². The van der Waals surface area contributed by atoms with Gasteiger partial charge in [0.1, 0.15) is 22.7 Å². The molecule has 118 valence electrons. The number of hydrogen-bond donors (Lipinski definition) is 1. The first-order chi connectivity index (χ1) is 11.7. The summed E-state index contributed by atoms with van der Waals surface area (Å²) in [4.78, 5) is 17.6. The van der Waals surface area contributed by atoms with Gasteiger partial charge in [0.25, 0.3) is 5.56 Å². The van der Waals surface area contributed by atoms with Gasteiger partial charge in [-0.25, -0.2) is 4.98 Å². The molecule has 0 saturated carbocycles. The van der Waals surface area contributed by atoms with Crippen LogP contribution in [0.1, 0.15) is 5.56 Å². The van der Waals surface area contributed by atoms with Crippen molar-refractivity contribution in [1.29, 1.82) is 0 Å². The molecule has 1 aromatic carbocycles. The van der Waals surface area contributed by atoms with Gasteiger partial charge in [-0.1, -0.05) is 0 Å². The van der Waals surface area contributed by atoms with Gasteiger partial charge in [0.2, 0.25) is 0 Å². The Labute approximate surface area is 139 Å². The minimum Gasteiger partial charge on any atom is -0.508 e. The molecule has 0 fully saturated rings. The monoisotopic (exact) mass is 337 g/mol. The summed E-state index contributed by atoms with van der Waals surface area (Å²) >= 11 is 1.39. The van der Waals surface area contributed by atoms with Gasteiger partial charge < -0.3 is 9.52 Å². The minimum absolute atomic E-state index is 0.175. The van der Waals surface area contributed by atoms with E-state index in [0.29, 0.717) is 21.5 Å². The Kier molecular flexibility index (Phi) is 3.47. The van der Waals surface area contributed by atoms with Crippen LogP contribution in [0.15, 0.2) is 68.7 Å². The van der Waals surface area contributed by atoms with Crippen molar-refractivity contribution in [1.82, 2.24) is 9.66 Å². The summed E-state index contributed by atoms with van der Waals surface area (Å²) in [5.41, 5.74) is 1.21. The fourth-order valence-corrected chi connectivity index (χ4v) is 3.19. The third kappa shape index (κ3) is 2.50. The highest BCUT2D eigenvalue weighted by Gasteiger charge is 2.14. The van der Waals surface area contributed by atoms with E-state index in [-0.39, 0.29) is 11.3 Å². The second-order valence-electron chi connectivity index (χ2n) is 5.04. The van der Waals surface area contributed by atoms with Crippen molar-refractivity contribution >= 4 is 27.8 Å². The number of nitrogens with zero attached hydrogens (tertiary/aromatic N) is 3. The molecule has 1 N–H and O–H groups in total. The smallest absolute Gasteiger partial charge is 0.283 e. The summed E-state index contributed by atoms with van der Waals surface area (Å²) in [6, 6.07) is 10.1. The van der Waals surface area contributed by atoms with Crippen molar-refractivity contribution in [3.63, 3.8) is 0 Å². The average molecular weight is 337 g/mol. The van der Waals surface area contributed by atoms with Crippen molar-refractivity contribution in [2.45, 2.75) is 0 Å². The number of thiophene rings is 1. The molecule has 0 aliphatic carbocycles. The normalized spacial score (nSPS) is 11.5. The molecule has 0 saturated heterocycles. The van der Waals surface area contributed by atoms with Gasteiger partial charge in [-0.15, -0.1) is 11.3 Å². The van der Waals surface area contributed by atoms with Gasteiger partial charge in [0.05, 0.1) is 17.9 Å². The summed E-state index contributed by atoms with van der Waals surface area (Å²) in [5, 5.41) is 15.8. The molecule has 0 bridgehead atoms. The van der Waals surface area contributed by atoms with E-state index in [4.69, 9.17) is 4.42 Å². The lowest BCUT2D eigenvalue weighted by molar-refractivity contribution is 0.475. The molecule has 3 aromatic heterocycles. The van der Waals surface area contributed by atoms with Gasteiger partial charge in [0, 0.05) is 10.9 Å². The maximum atomic E-state index is 12.7. The van der Waals surface area contributed by atoms with Gasteiger partial charge >= 0.3 is 0 Å². The Bertz CT molecular complexity index is 1080. The lowest BCUT2D eigenvalue weighted by atomic mass is 10.2. The molecule has 7 heteroatoms. The summed E-state index contributed by atoms with van der Waals surface area (Å²) < 4.78 is 6.58. The summed E-state index contributed by atoms with van der Waals surface area (Å²) in [6.45, 7) is 0. The van der Waals surface area contributed by atoms with E-state index in [9.17, 15) is 9.90 Å². The Morgan fingerprint density at radius 3 is 2.83 bits per heavy atom. The lowest BCUT2D eigenvalue weighted by Gasteiger charge is -1.99. The number of benzene rings is 1. The molecule has 6 nitrogen and oxygen atoms in total. The van der Waals surface area contributed by atoms with E-state index in [2.05, 4.69) is 10.1 Å². The van der Waals surface area contributed by atoms with Crippen LogP contribution < -0.4 is 5.56 Å². The molecule has 0 unspecified atom stereocenters. The zero-order chi connectivity index (χ0) is 16.5. The highest BCUT2D eigenvalue weighted by atomic mass is 32.1. The Morgan fingerprint density at radius 2 is 2.08 bits per heavy atom. The zero-order valence-electron chi connectivity index (χ0n) is 12.3. The third-order valence-corrected chi connectivity index (χ3v) is 4.38. The summed E-state index contributed by atoms with van der Waals surface area (Å²) in [5.74, 6) is 0.800. The van der Waals surface area contributed by atoms with Gasteiger partial charge in [-0.2, -0.15) is 9.78 Å². The molecule has 4 aromatic rings. The molecule has 4 rings (SSSR count). The molecule has 0 aliphatic rings. The highest BCUT2D eigenvalue weighted by Crippen LogP contribution is 2.30. The predicted octanol–water partition coefficient (Wildman–Crippen LogP) is 3.31. The molecule has 0 aliphatic heterocycles. The van der Waals surface area contributed by atoms with Crippen molar-refractivity contribution < 1.29 is 9.52 Å². The average Bonchev–Trinajstić information content (AvgIpc) is 3.25. The number of fused-ring (bicyclic) bond motifs is 1. The Hall–Kier alpha value is -3.19. The van der Waals surface area contributed by atoms with Gasteiger partial charge in [-0.3, -0.25) is 4.79 Å². The standard InChI is InChI=1S/C17H11N3O3S/c21-12-5-3-11(4-6-12)8-19-20-10-18-16-15(17(20)22)13(9-24-16)14-2-1-7-23-14/h1-10,21H/b19-8+. The van der Waals surface area contributed by atoms with Crippen LogP contribution in [-0.4, -0.2) is 21.0 Å². The second-order valence-corrected chi connectivity index (χ2v) is 5.90. The number of phenolic OH excluding ortho intramolecular Hbond substituents is 1. The van der Waals surface area contributed by atoms with Crippen molar-refractivity contribution in [3.8, 4) is 17.1 Å². The maximum absolute atomic E-state index is 12.7. The number of phenols is 1. The van der Waals surface area contributed by atoms with E-state index in [0.717, 1.165) is 5.56 Å². The number of furan rings is 1. The maximum Gasteiger partial charge on any atom is 0.283 e. The highest BCUT2D eigenvalue weighted by molar-refractivity contribution is 7.17. The first-order valence-electron chi connectivity index (χ1n) is 7.08. The molecule has 0 radical (unpaired) electrons. The topological polar surface area (TPSA) is 80.6 Å². The molecule has 0 atom stereocenters. The van der Waals surface area contributed by atoms with Crippen LogP contribution in [0.2, 0.25) is 0 Å². The molecule has 3 heterocycles. The molecular weight excluding hydrogens is 326 g/mol. The van der Waals surface area contributed by atoms with E-state index in [1.165, 1.54) is 28.6 Å². The molecule has 24 heavy (non-hydrogen) atoms. The van der Waals surface area contributed by atoms with Crippen molar-refractivity contribution in [2.24, 2.45) is 5.10 Å². The largest absolute Gasteiger partial charge is 0.508 e. The van der Waals surface area contributed by atoms with Crippen LogP contribution in [0.3, 0.4) is 0 Å². The number of aromatic hydroxyl groups is 1. The fraction of sp³-hybridized carbons (Fsp3) is 0. The zero-order valence-corrected chi connectivity index (χ0v) is 13.1. The SMILES string of the molecule is O=c1c2c(-c3ccco3)csc2ncn1/N=C/c1ccc(O)cc1. The van der Waals surface area contributed by atoms with Crippen molar-refractivity contribution in [2.75, 3.05) is 0 Å². The van der Waals surface area contributed by atoms with Crippen LogP contribution >= 0.6 is 11.3 Å². The van der Waals surface area contributed by atoms with Crippen LogP contribution in [0.4, 0.5) is 0 Å². The van der Waals surface area contributed by atoms with Crippen LogP contribution in [0, 0.1) is 0 Å². The summed E-state index contributed by atoms with van der Waals surface area (Å²) in [7, 11) is 0. The molecular formula is C17H11N3O3S. The third-order valence-electron chi connectivity index (χ3n) is 3.49. The fourth-order valence-electron chi connectivity index (χ4n) is 2.31. The minimum atomic E-state index is -0.261. The Morgan fingerprint density at radius 1 is 1.25 bits per heavy atom. The first-order valence-corrected chi connectivity index (χ1v) is 7.96.